The number of hydrogen-bond acceptors (Lipinski definition) is 3. The summed E-state index contributed by atoms with van der Waals surface area (Å²) in [5.41, 5.74) is 0.728. The van der Waals surface area contributed by atoms with Gasteiger partial charge in [0.05, 0.1) is 6.42 Å². The monoisotopic (exact) mass is 408 g/mol. The summed E-state index contributed by atoms with van der Waals surface area (Å²) < 4.78 is 19.1. The molecule has 0 saturated heterocycles. The minimum absolute atomic E-state index is 0.0921. The van der Waals surface area contributed by atoms with Gasteiger partial charge in [-0.2, -0.15) is 0 Å². The van der Waals surface area contributed by atoms with E-state index in [9.17, 15) is 14.0 Å². The van der Waals surface area contributed by atoms with Crippen molar-refractivity contribution in [2.45, 2.75) is 6.42 Å². The van der Waals surface area contributed by atoms with Crippen LogP contribution in [0.2, 0.25) is 0 Å². The Morgan fingerprint density at radius 1 is 0.920 bits per heavy atom. The first-order chi connectivity index (χ1) is 12.0. The van der Waals surface area contributed by atoms with Gasteiger partial charge in [-0.25, -0.2) is 4.39 Å². The molecule has 0 atom stereocenters. The Morgan fingerprint density at radius 3 is 2.16 bits per heavy atom. The minimum atomic E-state index is -0.336. The molecule has 0 fully saturated rings. The number of rotatable bonds is 8. The molecule has 2 rings (SSSR count). The summed E-state index contributed by atoms with van der Waals surface area (Å²) in [7, 11) is 0. The van der Waals surface area contributed by atoms with E-state index in [1.165, 1.54) is 12.1 Å². The molecule has 2 aromatic carbocycles. The molecule has 0 radical (unpaired) electrons. The van der Waals surface area contributed by atoms with Crippen molar-refractivity contribution in [3.8, 4) is 5.75 Å². The van der Waals surface area contributed by atoms with Crippen molar-refractivity contribution >= 4 is 27.7 Å². The van der Waals surface area contributed by atoms with Crippen molar-refractivity contribution in [2.24, 2.45) is 0 Å². The molecule has 0 aliphatic rings. The summed E-state index contributed by atoms with van der Waals surface area (Å²) >= 11 is 3.32. The molecule has 0 aliphatic heterocycles. The van der Waals surface area contributed by atoms with E-state index in [0.29, 0.717) is 18.8 Å². The van der Waals surface area contributed by atoms with Gasteiger partial charge < -0.3 is 15.4 Å². The molecule has 2 N–H and O–H groups in total. The number of halogens is 2. The standard InChI is InChI=1S/C18H18BrFN2O3/c19-14-3-7-16(8-4-14)25-12-18(24)22-10-9-21-17(23)11-13-1-5-15(20)6-2-13/h1-8H,9-12H2,(H,21,23)(H,22,24). The summed E-state index contributed by atoms with van der Waals surface area (Å²) in [6.07, 6.45) is 0.168. The number of carbonyl (C=O) groups excluding carboxylic acids is 2. The van der Waals surface area contributed by atoms with E-state index in [4.69, 9.17) is 4.74 Å². The third-order valence-electron chi connectivity index (χ3n) is 3.23. The van der Waals surface area contributed by atoms with Crippen LogP contribution >= 0.6 is 15.9 Å². The van der Waals surface area contributed by atoms with Crippen LogP contribution in [0, 0.1) is 5.82 Å². The maximum absolute atomic E-state index is 12.8. The molecule has 0 aliphatic carbocycles. The molecule has 2 aromatic rings. The maximum atomic E-state index is 12.8. The van der Waals surface area contributed by atoms with Crippen molar-refractivity contribution < 1.29 is 18.7 Å². The first kappa shape index (κ1) is 18.9. The van der Waals surface area contributed by atoms with E-state index in [2.05, 4.69) is 26.6 Å². The molecular formula is C18H18BrFN2O3. The second-order valence-corrected chi connectivity index (χ2v) is 6.16. The average molecular weight is 409 g/mol. The molecule has 25 heavy (non-hydrogen) atoms. The average Bonchev–Trinajstić information content (AvgIpc) is 2.60. The topological polar surface area (TPSA) is 67.4 Å². The highest BCUT2D eigenvalue weighted by molar-refractivity contribution is 9.10. The van der Waals surface area contributed by atoms with Gasteiger partial charge in [-0.15, -0.1) is 0 Å². The van der Waals surface area contributed by atoms with Gasteiger partial charge in [0.1, 0.15) is 11.6 Å². The van der Waals surface area contributed by atoms with Crippen LogP contribution in [0.25, 0.3) is 0 Å². The fraction of sp³-hybridized carbons (Fsp3) is 0.222. The van der Waals surface area contributed by atoms with Crippen molar-refractivity contribution in [3.63, 3.8) is 0 Å². The molecular weight excluding hydrogens is 391 g/mol. The zero-order valence-corrected chi connectivity index (χ0v) is 15.0. The number of amides is 2. The third-order valence-corrected chi connectivity index (χ3v) is 3.76. The summed E-state index contributed by atoms with van der Waals surface area (Å²) in [5.74, 6) is -0.189. The highest BCUT2D eigenvalue weighted by Gasteiger charge is 2.05. The van der Waals surface area contributed by atoms with Crippen molar-refractivity contribution in [2.75, 3.05) is 19.7 Å². The van der Waals surface area contributed by atoms with Gasteiger partial charge in [-0.05, 0) is 42.0 Å². The van der Waals surface area contributed by atoms with Crippen molar-refractivity contribution in [1.29, 1.82) is 0 Å². The Bertz CT molecular complexity index is 705. The lowest BCUT2D eigenvalue weighted by molar-refractivity contribution is -0.124. The number of hydrogen-bond donors (Lipinski definition) is 2. The molecule has 0 saturated carbocycles. The maximum Gasteiger partial charge on any atom is 0.258 e. The second-order valence-electron chi connectivity index (χ2n) is 5.25. The summed E-state index contributed by atoms with van der Waals surface area (Å²) in [5, 5.41) is 5.34. The summed E-state index contributed by atoms with van der Waals surface area (Å²) in [4.78, 5) is 23.4. The number of benzene rings is 2. The predicted molar refractivity (Wildman–Crippen MR) is 95.8 cm³/mol. The van der Waals surface area contributed by atoms with Gasteiger partial charge in [0.25, 0.3) is 5.91 Å². The highest BCUT2D eigenvalue weighted by Crippen LogP contribution is 2.15. The minimum Gasteiger partial charge on any atom is -0.484 e. The van der Waals surface area contributed by atoms with Crippen LogP contribution in [0.3, 0.4) is 0 Å². The van der Waals surface area contributed by atoms with Crippen LogP contribution in [0.5, 0.6) is 5.75 Å². The van der Waals surface area contributed by atoms with E-state index in [1.807, 2.05) is 12.1 Å². The lowest BCUT2D eigenvalue weighted by Gasteiger charge is -2.09. The van der Waals surface area contributed by atoms with E-state index in [0.717, 1.165) is 10.0 Å². The largest absolute Gasteiger partial charge is 0.484 e. The van der Waals surface area contributed by atoms with Crippen molar-refractivity contribution in [1.82, 2.24) is 10.6 Å². The van der Waals surface area contributed by atoms with E-state index >= 15 is 0 Å². The van der Waals surface area contributed by atoms with Gasteiger partial charge in [0.2, 0.25) is 5.91 Å². The Hall–Kier alpha value is -2.41. The molecule has 2 amide bonds. The number of carbonyl (C=O) groups is 2. The van der Waals surface area contributed by atoms with E-state index in [-0.39, 0.29) is 30.7 Å². The quantitative estimate of drug-likeness (QED) is 0.659. The zero-order chi connectivity index (χ0) is 18.1. The lowest BCUT2D eigenvalue weighted by Crippen LogP contribution is -2.37. The van der Waals surface area contributed by atoms with E-state index < -0.39 is 0 Å². The molecule has 5 nitrogen and oxygen atoms in total. The Kier molecular flexibility index (Phi) is 7.40. The Balaban J connectivity index is 1.58. The van der Waals surface area contributed by atoms with Crippen LogP contribution in [0.15, 0.2) is 53.0 Å². The molecule has 0 spiro atoms. The second kappa shape index (κ2) is 9.78. The zero-order valence-electron chi connectivity index (χ0n) is 13.4. The molecule has 132 valence electrons. The van der Waals surface area contributed by atoms with Crippen LogP contribution < -0.4 is 15.4 Å². The van der Waals surface area contributed by atoms with Crippen LogP contribution in [-0.4, -0.2) is 31.5 Å². The normalized spacial score (nSPS) is 10.2. The molecule has 0 unspecified atom stereocenters. The van der Waals surface area contributed by atoms with Gasteiger partial charge in [0, 0.05) is 17.6 Å². The Labute approximate surface area is 153 Å². The fourth-order valence-corrected chi connectivity index (χ4v) is 2.25. The summed E-state index contributed by atoms with van der Waals surface area (Å²) in [6, 6.07) is 12.9. The van der Waals surface area contributed by atoms with Gasteiger partial charge >= 0.3 is 0 Å². The number of nitrogens with one attached hydrogen (secondary N) is 2. The third kappa shape index (κ3) is 7.34. The van der Waals surface area contributed by atoms with Crippen LogP contribution in [0.4, 0.5) is 4.39 Å². The SMILES string of the molecule is O=C(COc1ccc(Br)cc1)NCCNC(=O)Cc1ccc(F)cc1. The predicted octanol–water partition coefficient (Wildman–Crippen LogP) is 2.44. The van der Waals surface area contributed by atoms with Crippen LogP contribution in [-0.2, 0) is 16.0 Å². The summed E-state index contributed by atoms with van der Waals surface area (Å²) in [6.45, 7) is 0.521. The smallest absolute Gasteiger partial charge is 0.258 e. The fourth-order valence-electron chi connectivity index (χ4n) is 1.98. The molecule has 7 heteroatoms. The van der Waals surface area contributed by atoms with Gasteiger partial charge in [-0.3, -0.25) is 9.59 Å². The first-order valence-corrected chi connectivity index (χ1v) is 8.48. The molecule has 0 aromatic heterocycles. The highest BCUT2D eigenvalue weighted by atomic mass is 79.9. The van der Waals surface area contributed by atoms with E-state index in [1.54, 1.807) is 24.3 Å². The first-order valence-electron chi connectivity index (χ1n) is 7.69. The molecule has 0 bridgehead atoms. The van der Waals surface area contributed by atoms with Crippen LogP contribution in [0.1, 0.15) is 5.56 Å². The lowest BCUT2D eigenvalue weighted by atomic mass is 10.1. The Morgan fingerprint density at radius 2 is 1.52 bits per heavy atom. The number of ether oxygens (including phenoxy) is 1. The van der Waals surface area contributed by atoms with Crippen molar-refractivity contribution in [3.05, 3.63) is 64.4 Å². The molecule has 0 heterocycles. The van der Waals surface area contributed by atoms with Gasteiger partial charge in [-0.1, -0.05) is 28.1 Å². The van der Waals surface area contributed by atoms with Gasteiger partial charge in [0.15, 0.2) is 6.61 Å².